The summed E-state index contributed by atoms with van der Waals surface area (Å²) in [6.07, 6.45) is 1.15. The maximum atomic E-state index is 12.2. The van der Waals surface area contributed by atoms with Crippen molar-refractivity contribution in [2.75, 3.05) is 49.2 Å². The highest BCUT2D eigenvalue weighted by atomic mass is 32.2. The van der Waals surface area contributed by atoms with E-state index in [9.17, 15) is 18.3 Å². The number of benzene rings is 2. The largest absolute Gasteiger partial charge is 0.508 e. The lowest BCUT2D eigenvalue weighted by molar-refractivity contribution is -0.117. The number of nitrogens with one attached hydrogen (secondary N) is 1. The molecule has 27 heavy (non-hydrogen) atoms. The van der Waals surface area contributed by atoms with Crippen LogP contribution in [-0.2, 0) is 14.6 Å². The van der Waals surface area contributed by atoms with Gasteiger partial charge >= 0.3 is 0 Å². The van der Waals surface area contributed by atoms with E-state index in [1.54, 1.807) is 24.3 Å². The summed E-state index contributed by atoms with van der Waals surface area (Å²) in [7, 11) is -3.24. The summed E-state index contributed by atoms with van der Waals surface area (Å²) in [6.45, 7) is 3.43. The molecule has 1 saturated heterocycles. The van der Waals surface area contributed by atoms with E-state index in [0.717, 1.165) is 38.1 Å². The average molecular weight is 389 g/mol. The molecule has 0 saturated carbocycles. The number of nitrogens with zero attached hydrogens (tertiary/aromatic N) is 2. The second-order valence-electron chi connectivity index (χ2n) is 6.62. The Kier molecular flexibility index (Phi) is 5.67. The van der Waals surface area contributed by atoms with E-state index in [4.69, 9.17) is 0 Å². The van der Waals surface area contributed by atoms with Gasteiger partial charge in [-0.1, -0.05) is 0 Å². The van der Waals surface area contributed by atoms with E-state index in [0.29, 0.717) is 5.69 Å². The SMILES string of the molecule is CS(=O)(=O)c1ccc(NC(=O)CN2CCN(c3ccc(O)cc3)CC2)cc1. The number of anilines is 2. The molecule has 2 N–H and O–H groups in total. The third-order valence-corrected chi connectivity index (χ3v) is 5.65. The monoisotopic (exact) mass is 389 g/mol. The van der Waals surface area contributed by atoms with Crippen molar-refractivity contribution in [2.45, 2.75) is 4.90 Å². The van der Waals surface area contributed by atoms with E-state index in [2.05, 4.69) is 15.1 Å². The number of piperazine rings is 1. The average Bonchev–Trinajstić information content (AvgIpc) is 2.63. The molecular formula is C19H23N3O4S. The van der Waals surface area contributed by atoms with Crippen LogP contribution in [-0.4, -0.2) is 63.3 Å². The number of amides is 1. The van der Waals surface area contributed by atoms with Crippen LogP contribution in [0.1, 0.15) is 0 Å². The van der Waals surface area contributed by atoms with Crippen molar-refractivity contribution in [3.8, 4) is 5.75 Å². The van der Waals surface area contributed by atoms with Gasteiger partial charge in [0.25, 0.3) is 0 Å². The second kappa shape index (κ2) is 7.98. The van der Waals surface area contributed by atoms with Crippen LogP contribution in [0.25, 0.3) is 0 Å². The van der Waals surface area contributed by atoms with E-state index >= 15 is 0 Å². The molecule has 0 spiro atoms. The van der Waals surface area contributed by atoms with Crippen molar-refractivity contribution in [1.82, 2.24) is 4.90 Å². The van der Waals surface area contributed by atoms with Crippen LogP contribution in [0.5, 0.6) is 5.75 Å². The molecule has 0 atom stereocenters. The number of phenolic OH excluding ortho intramolecular Hbond substituents is 1. The van der Waals surface area contributed by atoms with Gasteiger partial charge in [-0.05, 0) is 48.5 Å². The standard InChI is InChI=1S/C19H23N3O4S/c1-27(25,26)18-8-2-15(3-9-18)20-19(24)14-21-10-12-22(13-11-21)16-4-6-17(23)7-5-16/h2-9,23H,10-14H2,1H3,(H,20,24). The van der Waals surface area contributed by atoms with Crippen molar-refractivity contribution in [2.24, 2.45) is 0 Å². The third kappa shape index (κ3) is 5.21. The Morgan fingerprint density at radius 3 is 2.15 bits per heavy atom. The van der Waals surface area contributed by atoms with Gasteiger partial charge in [-0.2, -0.15) is 0 Å². The van der Waals surface area contributed by atoms with Gasteiger partial charge in [0.15, 0.2) is 9.84 Å². The van der Waals surface area contributed by atoms with E-state index in [1.165, 1.54) is 12.1 Å². The summed E-state index contributed by atoms with van der Waals surface area (Å²) in [5, 5.41) is 12.2. The molecule has 1 amide bonds. The van der Waals surface area contributed by atoms with Gasteiger partial charge in [0.2, 0.25) is 5.91 Å². The van der Waals surface area contributed by atoms with Gasteiger partial charge < -0.3 is 15.3 Å². The number of phenols is 1. The molecule has 0 unspecified atom stereocenters. The lowest BCUT2D eigenvalue weighted by Crippen LogP contribution is -2.48. The predicted molar refractivity (Wildman–Crippen MR) is 105 cm³/mol. The van der Waals surface area contributed by atoms with E-state index in [-0.39, 0.29) is 23.1 Å². The summed E-state index contributed by atoms with van der Waals surface area (Å²) in [5.41, 5.74) is 1.64. The first kappa shape index (κ1) is 19.2. The van der Waals surface area contributed by atoms with Crippen LogP contribution in [0.3, 0.4) is 0 Å². The third-order valence-electron chi connectivity index (χ3n) is 4.52. The van der Waals surface area contributed by atoms with Crippen LogP contribution < -0.4 is 10.2 Å². The van der Waals surface area contributed by atoms with Gasteiger partial charge in [-0.15, -0.1) is 0 Å². The topological polar surface area (TPSA) is 90.0 Å². The van der Waals surface area contributed by atoms with Crippen LogP contribution in [0.15, 0.2) is 53.4 Å². The Morgan fingerprint density at radius 2 is 1.59 bits per heavy atom. The molecule has 2 aromatic carbocycles. The fraction of sp³-hybridized carbons (Fsp3) is 0.316. The molecule has 1 aliphatic heterocycles. The maximum absolute atomic E-state index is 12.2. The minimum absolute atomic E-state index is 0.125. The minimum atomic E-state index is -3.24. The molecule has 144 valence electrons. The molecule has 3 rings (SSSR count). The Balaban J connectivity index is 1.48. The number of rotatable bonds is 5. The Labute approximate surface area is 159 Å². The highest BCUT2D eigenvalue weighted by molar-refractivity contribution is 7.90. The lowest BCUT2D eigenvalue weighted by atomic mass is 10.2. The number of hydrogen-bond acceptors (Lipinski definition) is 6. The van der Waals surface area contributed by atoms with Gasteiger partial charge in [0.1, 0.15) is 5.75 Å². The Hall–Kier alpha value is -2.58. The summed E-state index contributed by atoms with van der Waals surface area (Å²) in [5.74, 6) is 0.124. The summed E-state index contributed by atoms with van der Waals surface area (Å²) >= 11 is 0. The zero-order chi connectivity index (χ0) is 19.4. The summed E-state index contributed by atoms with van der Waals surface area (Å²) < 4.78 is 22.9. The highest BCUT2D eigenvalue weighted by Gasteiger charge is 2.19. The first-order valence-corrected chi connectivity index (χ1v) is 10.6. The van der Waals surface area contributed by atoms with Gasteiger partial charge in [-0.25, -0.2) is 8.42 Å². The fourth-order valence-electron chi connectivity index (χ4n) is 3.02. The lowest BCUT2D eigenvalue weighted by Gasteiger charge is -2.35. The van der Waals surface area contributed by atoms with Crippen molar-refractivity contribution in [3.05, 3.63) is 48.5 Å². The second-order valence-corrected chi connectivity index (χ2v) is 8.64. The van der Waals surface area contributed by atoms with Gasteiger partial charge in [0.05, 0.1) is 11.4 Å². The van der Waals surface area contributed by atoms with Crippen LogP contribution in [0.2, 0.25) is 0 Å². The number of aromatic hydroxyl groups is 1. The van der Waals surface area contributed by atoms with Gasteiger partial charge in [-0.3, -0.25) is 9.69 Å². The zero-order valence-corrected chi connectivity index (χ0v) is 15.9. The highest BCUT2D eigenvalue weighted by Crippen LogP contribution is 2.20. The smallest absolute Gasteiger partial charge is 0.238 e. The molecule has 0 bridgehead atoms. The zero-order valence-electron chi connectivity index (χ0n) is 15.1. The molecule has 7 nitrogen and oxygen atoms in total. The Morgan fingerprint density at radius 1 is 1.00 bits per heavy atom. The molecule has 1 fully saturated rings. The molecule has 0 radical (unpaired) electrons. The van der Waals surface area contributed by atoms with Crippen LogP contribution in [0.4, 0.5) is 11.4 Å². The fourth-order valence-corrected chi connectivity index (χ4v) is 3.65. The molecule has 0 aromatic heterocycles. The predicted octanol–water partition coefficient (Wildman–Crippen LogP) is 1.56. The number of carbonyl (C=O) groups is 1. The molecule has 2 aromatic rings. The summed E-state index contributed by atoms with van der Waals surface area (Å²) in [4.78, 5) is 16.8. The molecule has 1 aliphatic rings. The van der Waals surface area contributed by atoms with Crippen molar-refractivity contribution < 1.29 is 18.3 Å². The van der Waals surface area contributed by atoms with E-state index in [1.807, 2.05) is 12.1 Å². The van der Waals surface area contributed by atoms with E-state index < -0.39 is 9.84 Å². The number of hydrogen-bond donors (Lipinski definition) is 2. The Bertz CT molecular complexity index is 888. The molecule has 1 heterocycles. The first-order valence-electron chi connectivity index (χ1n) is 8.67. The van der Waals surface area contributed by atoms with Crippen molar-refractivity contribution in [1.29, 1.82) is 0 Å². The normalized spacial score (nSPS) is 15.5. The molecular weight excluding hydrogens is 366 g/mol. The van der Waals surface area contributed by atoms with Crippen LogP contribution >= 0.6 is 0 Å². The summed E-state index contributed by atoms with van der Waals surface area (Å²) in [6, 6.07) is 13.3. The quantitative estimate of drug-likeness (QED) is 0.807. The number of carbonyl (C=O) groups excluding carboxylic acids is 1. The minimum Gasteiger partial charge on any atom is -0.508 e. The van der Waals surface area contributed by atoms with Crippen molar-refractivity contribution in [3.63, 3.8) is 0 Å². The maximum Gasteiger partial charge on any atom is 0.238 e. The number of sulfone groups is 1. The molecule has 0 aliphatic carbocycles. The molecule has 8 heteroatoms. The first-order chi connectivity index (χ1) is 12.8. The van der Waals surface area contributed by atoms with Gasteiger partial charge in [0, 0.05) is 43.8 Å². The van der Waals surface area contributed by atoms with Crippen LogP contribution in [0, 0.1) is 0 Å². The van der Waals surface area contributed by atoms with Crippen molar-refractivity contribution >= 4 is 27.1 Å².